The molecular formula is C24H24ClN7O. The van der Waals surface area contributed by atoms with Crippen molar-refractivity contribution in [3.8, 4) is 0 Å². The molecular weight excluding hydrogens is 438 g/mol. The first-order chi connectivity index (χ1) is 16.0. The summed E-state index contributed by atoms with van der Waals surface area (Å²) in [4.78, 5) is 29.1. The van der Waals surface area contributed by atoms with E-state index in [1.807, 2.05) is 62.5 Å². The molecule has 33 heavy (non-hydrogen) atoms. The van der Waals surface area contributed by atoms with Gasteiger partial charge in [0.1, 0.15) is 0 Å². The lowest BCUT2D eigenvalue weighted by molar-refractivity contribution is 0.256. The minimum atomic E-state index is -0.421. The van der Waals surface area contributed by atoms with Gasteiger partial charge in [0.15, 0.2) is 0 Å². The molecule has 0 radical (unpaired) electrons. The molecule has 2 amide bonds. The number of benzene rings is 2. The number of amides is 2. The van der Waals surface area contributed by atoms with Crippen LogP contribution < -0.4 is 16.0 Å². The number of carbonyl (C=O) groups excluding carboxylic acids is 1. The van der Waals surface area contributed by atoms with E-state index in [1.54, 1.807) is 12.1 Å². The quantitative estimate of drug-likeness (QED) is 0.246. The van der Waals surface area contributed by atoms with E-state index in [2.05, 4.69) is 35.9 Å². The zero-order valence-corrected chi connectivity index (χ0v) is 19.1. The average molecular weight is 462 g/mol. The maximum atomic E-state index is 12.5. The van der Waals surface area contributed by atoms with Gasteiger partial charge in [-0.1, -0.05) is 29.8 Å². The number of aliphatic imine (C=N–C) groups is 1. The Morgan fingerprint density at radius 3 is 2.55 bits per heavy atom. The van der Waals surface area contributed by atoms with E-state index in [1.165, 1.54) is 0 Å². The first kappa shape index (κ1) is 22.3. The van der Waals surface area contributed by atoms with Gasteiger partial charge in [0.05, 0.1) is 0 Å². The van der Waals surface area contributed by atoms with Crippen molar-refractivity contribution in [2.45, 2.75) is 20.3 Å². The zero-order valence-electron chi connectivity index (χ0n) is 18.3. The summed E-state index contributed by atoms with van der Waals surface area (Å²) < 4.78 is 0. The van der Waals surface area contributed by atoms with Crippen LogP contribution in [-0.4, -0.2) is 33.5 Å². The van der Waals surface area contributed by atoms with Crippen LogP contribution in [0.25, 0.3) is 10.9 Å². The number of halogens is 1. The highest BCUT2D eigenvalue weighted by Gasteiger charge is 2.10. The SMILES string of the molecule is Cc1cc(C)nc(NC(=NCCc2c[nH]c3ccc(Cl)cc23)NC(=O)Nc2ccccc2)n1. The number of aromatic nitrogens is 3. The highest BCUT2D eigenvalue weighted by atomic mass is 35.5. The first-order valence-electron chi connectivity index (χ1n) is 10.5. The Kier molecular flexibility index (Phi) is 6.85. The van der Waals surface area contributed by atoms with Gasteiger partial charge < -0.3 is 10.3 Å². The molecule has 0 saturated carbocycles. The smallest absolute Gasteiger partial charge is 0.326 e. The number of fused-ring (bicyclic) bond motifs is 1. The Bertz CT molecular complexity index is 1280. The number of carbonyl (C=O) groups is 1. The van der Waals surface area contributed by atoms with Crippen LogP contribution in [0.4, 0.5) is 16.4 Å². The summed E-state index contributed by atoms with van der Waals surface area (Å²) in [6.45, 7) is 4.20. The number of aryl methyl sites for hydroxylation is 2. The molecule has 0 spiro atoms. The van der Waals surface area contributed by atoms with Gasteiger partial charge in [-0.05, 0) is 62.2 Å². The monoisotopic (exact) mass is 461 g/mol. The van der Waals surface area contributed by atoms with Crippen LogP contribution in [0, 0.1) is 13.8 Å². The summed E-state index contributed by atoms with van der Waals surface area (Å²) in [5.41, 5.74) is 4.41. The van der Waals surface area contributed by atoms with Crippen molar-refractivity contribution in [3.63, 3.8) is 0 Å². The number of para-hydroxylation sites is 1. The minimum absolute atomic E-state index is 0.256. The number of anilines is 2. The van der Waals surface area contributed by atoms with E-state index in [0.29, 0.717) is 29.6 Å². The molecule has 4 N–H and O–H groups in total. The molecule has 0 bridgehead atoms. The van der Waals surface area contributed by atoms with E-state index in [0.717, 1.165) is 27.9 Å². The third-order valence-electron chi connectivity index (χ3n) is 4.86. The fourth-order valence-electron chi connectivity index (χ4n) is 3.44. The van der Waals surface area contributed by atoms with Gasteiger partial charge in [-0.15, -0.1) is 0 Å². The normalized spacial score (nSPS) is 11.4. The van der Waals surface area contributed by atoms with Crippen LogP contribution >= 0.6 is 11.6 Å². The minimum Gasteiger partial charge on any atom is -0.361 e. The summed E-state index contributed by atoms with van der Waals surface area (Å²) in [6, 6.07) is 16.4. The summed E-state index contributed by atoms with van der Waals surface area (Å²) in [7, 11) is 0. The molecule has 2 aromatic carbocycles. The number of nitrogens with one attached hydrogen (secondary N) is 4. The fourth-order valence-corrected chi connectivity index (χ4v) is 3.61. The molecule has 0 unspecified atom stereocenters. The van der Waals surface area contributed by atoms with Crippen molar-refractivity contribution in [2.75, 3.05) is 17.2 Å². The number of rotatable bonds is 5. The highest BCUT2D eigenvalue weighted by Crippen LogP contribution is 2.22. The predicted octanol–water partition coefficient (Wildman–Crippen LogP) is 5.06. The molecule has 0 aliphatic carbocycles. The lowest BCUT2D eigenvalue weighted by Gasteiger charge is -2.12. The van der Waals surface area contributed by atoms with Crippen LogP contribution in [-0.2, 0) is 6.42 Å². The Balaban J connectivity index is 1.50. The molecule has 168 valence electrons. The van der Waals surface area contributed by atoms with Crippen molar-refractivity contribution < 1.29 is 4.79 Å². The second kappa shape index (κ2) is 10.1. The maximum Gasteiger partial charge on any atom is 0.326 e. The number of hydrogen-bond donors (Lipinski definition) is 4. The van der Waals surface area contributed by atoms with Crippen molar-refractivity contribution in [1.82, 2.24) is 20.3 Å². The molecule has 2 aromatic heterocycles. The lowest BCUT2D eigenvalue weighted by atomic mass is 10.1. The van der Waals surface area contributed by atoms with Crippen molar-refractivity contribution in [2.24, 2.45) is 4.99 Å². The van der Waals surface area contributed by atoms with Gasteiger partial charge in [0, 0.05) is 45.7 Å². The Morgan fingerprint density at radius 1 is 1.03 bits per heavy atom. The van der Waals surface area contributed by atoms with Crippen LogP contribution in [0.2, 0.25) is 5.02 Å². The Labute approximate surface area is 196 Å². The molecule has 0 aliphatic heterocycles. The summed E-state index contributed by atoms with van der Waals surface area (Å²) in [6.07, 6.45) is 2.60. The summed E-state index contributed by atoms with van der Waals surface area (Å²) >= 11 is 6.15. The molecule has 0 atom stereocenters. The molecule has 4 aromatic rings. The van der Waals surface area contributed by atoms with Gasteiger partial charge in [-0.25, -0.2) is 14.8 Å². The largest absolute Gasteiger partial charge is 0.361 e. The number of urea groups is 1. The topological polar surface area (TPSA) is 107 Å². The van der Waals surface area contributed by atoms with Crippen molar-refractivity contribution in [1.29, 1.82) is 0 Å². The summed E-state index contributed by atoms with van der Waals surface area (Å²) in [5, 5.41) is 10.3. The third-order valence-corrected chi connectivity index (χ3v) is 5.09. The molecule has 0 aliphatic rings. The molecule has 0 fully saturated rings. The number of nitrogens with zero attached hydrogens (tertiary/aromatic N) is 3. The average Bonchev–Trinajstić information content (AvgIpc) is 3.15. The second-order valence-electron chi connectivity index (χ2n) is 7.53. The highest BCUT2D eigenvalue weighted by molar-refractivity contribution is 6.31. The van der Waals surface area contributed by atoms with Crippen LogP contribution in [0.15, 0.2) is 65.8 Å². The third kappa shape index (κ3) is 6.08. The summed E-state index contributed by atoms with van der Waals surface area (Å²) in [5.74, 6) is 0.622. The van der Waals surface area contributed by atoms with E-state index in [-0.39, 0.29) is 5.96 Å². The molecule has 9 heteroatoms. The lowest BCUT2D eigenvalue weighted by Crippen LogP contribution is -2.39. The number of H-pyrrole nitrogens is 1. The van der Waals surface area contributed by atoms with Gasteiger partial charge >= 0.3 is 6.03 Å². The second-order valence-corrected chi connectivity index (χ2v) is 7.97. The standard InChI is InChI=1S/C24H24ClN7O/c1-15-12-16(2)29-23(28-15)31-22(32-24(33)30-19-6-4-3-5-7-19)26-11-10-17-14-27-21-9-8-18(25)13-20(17)21/h3-9,12-14,27H,10-11H2,1-2H3,(H3,26,28,29,30,31,32,33). The van der Waals surface area contributed by atoms with Crippen molar-refractivity contribution >= 4 is 46.1 Å². The fraction of sp³-hybridized carbons (Fsp3) is 0.167. The van der Waals surface area contributed by atoms with Crippen LogP contribution in [0.3, 0.4) is 0 Å². The zero-order chi connectivity index (χ0) is 23.2. The van der Waals surface area contributed by atoms with Gasteiger partial charge in [-0.2, -0.15) is 0 Å². The molecule has 2 heterocycles. The van der Waals surface area contributed by atoms with E-state index in [9.17, 15) is 4.79 Å². The Morgan fingerprint density at radius 2 is 1.79 bits per heavy atom. The predicted molar refractivity (Wildman–Crippen MR) is 133 cm³/mol. The molecule has 8 nitrogen and oxygen atoms in total. The van der Waals surface area contributed by atoms with E-state index < -0.39 is 6.03 Å². The van der Waals surface area contributed by atoms with Crippen LogP contribution in [0.1, 0.15) is 17.0 Å². The molecule has 4 rings (SSSR count). The van der Waals surface area contributed by atoms with Gasteiger partial charge in [0.25, 0.3) is 0 Å². The van der Waals surface area contributed by atoms with Crippen molar-refractivity contribution in [3.05, 3.63) is 82.8 Å². The first-order valence-corrected chi connectivity index (χ1v) is 10.9. The van der Waals surface area contributed by atoms with Gasteiger partial charge in [-0.3, -0.25) is 15.6 Å². The number of hydrogen-bond acceptors (Lipinski definition) is 4. The van der Waals surface area contributed by atoms with E-state index >= 15 is 0 Å². The number of aromatic amines is 1. The van der Waals surface area contributed by atoms with Gasteiger partial charge in [0.2, 0.25) is 11.9 Å². The Hall–Kier alpha value is -3.91. The van der Waals surface area contributed by atoms with Crippen LogP contribution in [0.5, 0.6) is 0 Å². The number of guanidine groups is 1. The maximum absolute atomic E-state index is 12.5. The molecule has 0 saturated heterocycles. The van der Waals surface area contributed by atoms with E-state index in [4.69, 9.17) is 11.6 Å².